The first-order valence-corrected chi connectivity index (χ1v) is 18.1. The van der Waals surface area contributed by atoms with E-state index in [4.69, 9.17) is 23.7 Å². The van der Waals surface area contributed by atoms with Crippen LogP contribution in [0.4, 0.5) is 10.6 Å². The average Bonchev–Trinajstić information content (AvgIpc) is 3.94. The van der Waals surface area contributed by atoms with Crippen molar-refractivity contribution < 1.29 is 33.6 Å². The molecule has 3 aromatic heterocycles. The second-order valence-corrected chi connectivity index (χ2v) is 14.2. The van der Waals surface area contributed by atoms with E-state index in [-0.39, 0.29) is 6.61 Å². The van der Waals surface area contributed by atoms with Gasteiger partial charge in [0, 0.05) is 25.6 Å². The fourth-order valence-electron chi connectivity index (χ4n) is 6.73. The van der Waals surface area contributed by atoms with Gasteiger partial charge in [0.05, 0.1) is 39.0 Å². The monoisotopic (exact) mass is 747 g/mol. The van der Waals surface area contributed by atoms with Crippen LogP contribution in [0.15, 0.2) is 104 Å². The highest BCUT2D eigenvalue weighted by molar-refractivity contribution is 5.82. The molecule has 1 aliphatic rings. The molecule has 2 N–H and O–H groups in total. The largest absolute Gasteiger partial charge is 0.497 e. The van der Waals surface area contributed by atoms with Crippen molar-refractivity contribution >= 4 is 23.1 Å². The lowest BCUT2D eigenvalue weighted by Gasteiger charge is -2.37. The Labute approximate surface area is 319 Å². The van der Waals surface area contributed by atoms with Crippen molar-refractivity contribution in [1.29, 1.82) is 0 Å². The molecule has 0 unspecified atom stereocenters. The molecule has 4 heterocycles. The molecule has 1 fully saturated rings. The van der Waals surface area contributed by atoms with Crippen molar-refractivity contribution in [2.45, 2.75) is 63.3 Å². The zero-order valence-electron chi connectivity index (χ0n) is 31.5. The molecule has 0 radical (unpaired) electrons. The molecule has 7 rings (SSSR count). The molecule has 0 saturated carbocycles. The van der Waals surface area contributed by atoms with Gasteiger partial charge in [0.1, 0.15) is 47.7 Å². The standard InChI is InChI=1S/C41H45N7O7/c1-40(2,3)55-39(50)47-22-30(45-25-47)19-20-42-37-36-38(44-24-43-37)48(26-46-36)35-21-33(49)34(54-35)23-53-41(27-9-7-6-8-10-27,28-11-15-31(51-4)16-12-28)29-13-17-32(52-5)18-14-29/h6-18,22,24-26,33-35,49H,19-21,23H2,1-5H3,(H,42,43,44)/t33-,34+,35+/m0/s1. The minimum Gasteiger partial charge on any atom is -0.497 e. The fourth-order valence-corrected chi connectivity index (χ4v) is 6.73. The minimum absolute atomic E-state index is 0.0722. The highest BCUT2D eigenvalue weighted by Crippen LogP contribution is 2.43. The molecule has 0 amide bonds. The van der Waals surface area contributed by atoms with E-state index in [1.807, 2.05) is 104 Å². The van der Waals surface area contributed by atoms with E-state index in [2.05, 4.69) is 25.3 Å². The lowest BCUT2D eigenvalue weighted by atomic mass is 9.80. The fraction of sp³-hybridized carbons (Fsp3) is 0.341. The van der Waals surface area contributed by atoms with E-state index in [0.717, 1.165) is 28.2 Å². The number of aliphatic hydroxyl groups excluding tert-OH is 1. The zero-order valence-corrected chi connectivity index (χ0v) is 31.5. The number of imidazole rings is 2. The summed E-state index contributed by atoms with van der Waals surface area (Å²) in [6, 6.07) is 25.6. The van der Waals surface area contributed by atoms with Crippen LogP contribution in [0.25, 0.3) is 11.2 Å². The van der Waals surface area contributed by atoms with E-state index >= 15 is 0 Å². The number of rotatable bonds is 13. The van der Waals surface area contributed by atoms with Crippen LogP contribution in [0.1, 0.15) is 55.8 Å². The number of fused-ring (bicyclic) bond motifs is 1. The summed E-state index contributed by atoms with van der Waals surface area (Å²) < 4.78 is 33.0. The van der Waals surface area contributed by atoms with Gasteiger partial charge in [-0.25, -0.2) is 29.3 Å². The SMILES string of the molecule is COc1ccc(C(OC[C@H]2O[C@@H](n3cnc4c(NCCc5cn(C(=O)OC(C)(C)C)cn5)ncnc43)C[C@@H]2O)(c2ccccc2)c2ccc(OC)cc2)cc1. The van der Waals surface area contributed by atoms with E-state index in [9.17, 15) is 9.90 Å². The van der Waals surface area contributed by atoms with Crippen LogP contribution in [-0.4, -0.2) is 85.5 Å². The average molecular weight is 748 g/mol. The van der Waals surface area contributed by atoms with Crippen molar-refractivity contribution in [3.63, 3.8) is 0 Å². The Morgan fingerprint density at radius 3 is 2.16 bits per heavy atom. The number of aromatic nitrogens is 6. The summed E-state index contributed by atoms with van der Waals surface area (Å²) in [4.78, 5) is 30.3. The Morgan fingerprint density at radius 1 is 0.873 bits per heavy atom. The Hall–Kier alpha value is -5.83. The second-order valence-electron chi connectivity index (χ2n) is 14.2. The van der Waals surface area contributed by atoms with Crippen LogP contribution >= 0.6 is 0 Å². The van der Waals surface area contributed by atoms with Crippen LogP contribution in [0.2, 0.25) is 0 Å². The lowest BCUT2D eigenvalue weighted by Crippen LogP contribution is -2.38. The number of benzene rings is 3. The molecule has 1 saturated heterocycles. The second kappa shape index (κ2) is 15.9. The number of anilines is 1. The predicted molar refractivity (Wildman–Crippen MR) is 204 cm³/mol. The number of hydrogen-bond donors (Lipinski definition) is 2. The molecule has 6 aromatic rings. The first-order chi connectivity index (χ1) is 26.6. The predicted octanol–water partition coefficient (Wildman–Crippen LogP) is 6.13. The molecular weight excluding hydrogens is 702 g/mol. The smallest absolute Gasteiger partial charge is 0.419 e. The molecule has 0 spiro atoms. The van der Waals surface area contributed by atoms with Crippen LogP contribution in [0.3, 0.4) is 0 Å². The van der Waals surface area contributed by atoms with Gasteiger partial charge in [-0.2, -0.15) is 0 Å². The molecule has 3 atom stereocenters. The van der Waals surface area contributed by atoms with Gasteiger partial charge in [-0.05, 0) is 61.7 Å². The van der Waals surface area contributed by atoms with E-state index < -0.39 is 35.7 Å². The molecule has 0 bridgehead atoms. The highest BCUT2D eigenvalue weighted by Gasteiger charge is 2.42. The van der Waals surface area contributed by atoms with E-state index in [1.54, 1.807) is 26.7 Å². The molecule has 14 heteroatoms. The third-order valence-corrected chi connectivity index (χ3v) is 9.42. The van der Waals surface area contributed by atoms with Gasteiger partial charge >= 0.3 is 6.09 Å². The molecular formula is C41H45N7O7. The van der Waals surface area contributed by atoms with Crippen LogP contribution < -0.4 is 14.8 Å². The van der Waals surface area contributed by atoms with Gasteiger partial charge in [0.25, 0.3) is 0 Å². The summed E-state index contributed by atoms with van der Waals surface area (Å²) in [5.74, 6) is 1.99. The third-order valence-electron chi connectivity index (χ3n) is 9.42. The minimum atomic E-state index is -1.07. The van der Waals surface area contributed by atoms with Crippen molar-refractivity contribution in [3.8, 4) is 11.5 Å². The number of aliphatic hydroxyl groups is 1. The summed E-state index contributed by atoms with van der Waals surface area (Å²) in [5, 5.41) is 14.7. The van der Waals surface area contributed by atoms with E-state index in [0.29, 0.717) is 42.1 Å². The van der Waals surface area contributed by atoms with Gasteiger partial charge in [0.2, 0.25) is 0 Å². The number of ether oxygens (including phenoxy) is 5. The number of nitrogens with one attached hydrogen (secondary N) is 1. The number of carbonyl (C=O) groups excluding carboxylic acids is 1. The number of nitrogens with zero attached hydrogens (tertiary/aromatic N) is 6. The maximum atomic E-state index is 12.4. The normalized spacial score (nSPS) is 17.3. The van der Waals surface area contributed by atoms with E-state index in [1.165, 1.54) is 17.2 Å². The highest BCUT2D eigenvalue weighted by atomic mass is 16.6. The van der Waals surface area contributed by atoms with Crippen LogP contribution in [0.5, 0.6) is 11.5 Å². The van der Waals surface area contributed by atoms with Crippen molar-refractivity contribution in [2.24, 2.45) is 0 Å². The number of carbonyl (C=O) groups is 1. The summed E-state index contributed by atoms with van der Waals surface area (Å²) in [6.07, 6.45) is 4.50. The molecule has 1 aliphatic heterocycles. The van der Waals surface area contributed by atoms with Crippen molar-refractivity contribution in [2.75, 3.05) is 32.7 Å². The van der Waals surface area contributed by atoms with Crippen LogP contribution in [0, 0.1) is 0 Å². The molecule has 286 valence electrons. The molecule has 0 aliphatic carbocycles. The summed E-state index contributed by atoms with van der Waals surface area (Å²) in [6.45, 7) is 6.00. The molecule has 55 heavy (non-hydrogen) atoms. The van der Waals surface area contributed by atoms with Gasteiger partial charge in [-0.3, -0.25) is 4.57 Å². The topological polar surface area (TPSA) is 157 Å². The maximum absolute atomic E-state index is 12.4. The van der Waals surface area contributed by atoms with Gasteiger partial charge in [0.15, 0.2) is 17.0 Å². The Bertz CT molecular complexity index is 2150. The zero-order chi connectivity index (χ0) is 38.6. The van der Waals surface area contributed by atoms with Gasteiger partial charge in [-0.15, -0.1) is 0 Å². The lowest BCUT2D eigenvalue weighted by molar-refractivity contribution is -0.0931. The third kappa shape index (κ3) is 8.02. The summed E-state index contributed by atoms with van der Waals surface area (Å²) >= 11 is 0. The quantitative estimate of drug-likeness (QED) is 0.130. The van der Waals surface area contributed by atoms with Crippen molar-refractivity contribution in [1.82, 2.24) is 29.1 Å². The Kier molecular flexibility index (Phi) is 10.8. The van der Waals surface area contributed by atoms with Gasteiger partial charge < -0.3 is 34.1 Å². The Morgan fingerprint density at radius 2 is 1.53 bits per heavy atom. The molecule has 14 nitrogen and oxygen atoms in total. The summed E-state index contributed by atoms with van der Waals surface area (Å²) in [7, 11) is 3.27. The van der Waals surface area contributed by atoms with Gasteiger partial charge in [-0.1, -0.05) is 54.6 Å². The van der Waals surface area contributed by atoms with Crippen LogP contribution in [-0.2, 0) is 26.2 Å². The van der Waals surface area contributed by atoms with Crippen molar-refractivity contribution in [3.05, 3.63) is 126 Å². The first kappa shape index (κ1) is 37.5. The Balaban J connectivity index is 1.08. The number of hydrogen-bond acceptors (Lipinski definition) is 12. The molecule has 3 aromatic carbocycles. The number of methoxy groups -OCH3 is 2. The summed E-state index contributed by atoms with van der Waals surface area (Å²) in [5.41, 5.74) is 2.82. The maximum Gasteiger partial charge on any atom is 0.419 e. The first-order valence-electron chi connectivity index (χ1n) is 18.1.